The highest BCUT2D eigenvalue weighted by Gasteiger charge is 2.23. The van der Waals surface area contributed by atoms with Crippen LogP contribution in [-0.4, -0.2) is 34.7 Å². The van der Waals surface area contributed by atoms with Crippen LogP contribution in [0.15, 0.2) is 0 Å². The van der Waals surface area contributed by atoms with Gasteiger partial charge < -0.3 is 20.9 Å². The molecule has 0 aromatic carbocycles. The second kappa shape index (κ2) is 6.07. The second-order valence-corrected chi connectivity index (χ2v) is 4.53. The fraction of sp³-hybridized carbons (Fsp3) is 0.700. The zero-order valence-corrected chi connectivity index (χ0v) is 10.1. The molecule has 0 aliphatic rings. The van der Waals surface area contributed by atoms with Crippen molar-refractivity contribution in [2.75, 3.05) is 0 Å². The van der Waals surface area contributed by atoms with Gasteiger partial charge >= 0.3 is 12.1 Å². The highest BCUT2D eigenvalue weighted by molar-refractivity contribution is 5.84. The zero-order chi connectivity index (χ0) is 13.6. The van der Waals surface area contributed by atoms with E-state index in [1.807, 2.05) is 0 Å². The number of aliphatic carboxylic acids is 1. The standard InChI is InChI=1S/C10H18N2O5/c1-10(2,3)17-9(16)12-6(8(11)15)4-5-7(13)14/h6H,4-5H2,1-3H3,(H2,11,15)(H,12,16)(H,13,14)/t6-/m0/s1. The summed E-state index contributed by atoms with van der Waals surface area (Å²) in [4.78, 5) is 32.6. The van der Waals surface area contributed by atoms with Gasteiger partial charge in [0.15, 0.2) is 0 Å². The number of carbonyl (C=O) groups is 3. The van der Waals surface area contributed by atoms with Gasteiger partial charge in [0.25, 0.3) is 0 Å². The summed E-state index contributed by atoms with van der Waals surface area (Å²) in [6.07, 6.45) is -1.13. The van der Waals surface area contributed by atoms with Gasteiger partial charge in [-0.25, -0.2) is 4.79 Å². The Balaban J connectivity index is 4.30. The number of amides is 2. The summed E-state index contributed by atoms with van der Waals surface area (Å²) in [5.41, 5.74) is 4.34. The van der Waals surface area contributed by atoms with Crippen LogP contribution in [-0.2, 0) is 14.3 Å². The summed E-state index contributed by atoms with van der Waals surface area (Å²) >= 11 is 0. The van der Waals surface area contributed by atoms with Crippen LogP contribution in [0, 0.1) is 0 Å². The number of hydrogen-bond acceptors (Lipinski definition) is 4. The van der Waals surface area contributed by atoms with Crippen LogP contribution >= 0.6 is 0 Å². The molecular weight excluding hydrogens is 228 g/mol. The van der Waals surface area contributed by atoms with Crippen molar-refractivity contribution in [2.45, 2.75) is 45.3 Å². The Hall–Kier alpha value is -1.79. The lowest BCUT2D eigenvalue weighted by Gasteiger charge is -2.22. The highest BCUT2D eigenvalue weighted by atomic mass is 16.6. The van der Waals surface area contributed by atoms with E-state index in [0.29, 0.717) is 0 Å². The van der Waals surface area contributed by atoms with Crippen LogP contribution < -0.4 is 11.1 Å². The molecule has 4 N–H and O–H groups in total. The Kier molecular flexibility index (Phi) is 5.43. The Morgan fingerprint density at radius 1 is 1.35 bits per heavy atom. The molecule has 0 aliphatic heterocycles. The fourth-order valence-electron chi connectivity index (χ4n) is 1.00. The van der Waals surface area contributed by atoms with Gasteiger partial charge in [-0.2, -0.15) is 0 Å². The first-order valence-electron chi connectivity index (χ1n) is 5.12. The number of carboxylic acids is 1. The number of rotatable bonds is 5. The Morgan fingerprint density at radius 3 is 2.24 bits per heavy atom. The normalized spacial score (nSPS) is 12.6. The van der Waals surface area contributed by atoms with Crippen molar-refractivity contribution in [1.29, 1.82) is 0 Å². The maximum atomic E-state index is 11.3. The number of primary amides is 1. The van der Waals surface area contributed by atoms with E-state index >= 15 is 0 Å². The molecule has 0 fully saturated rings. The third-order valence-corrected chi connectivity index (χ3v) is 1.68. The van der Waals surface area contributed by atoms with Crippen molar-refractivity contribution in [3.8, 4) is 0 Å². The van der Waals surface area contributed by atoms with Gasteiger partial charge in [0.05, 0.1) is 0 Å². The third-order valence-electron chi connectivity index (χ3n) is 1.68. The van der Waals surface area contributed by atoms with E-state index in [9.17, 15) is 14.4 Å². The van der Waals surface area contributed by atoms with Crippen LogP contribution in [0.3, 0.4) is 0 Å². The summed E-state index contributed by atoms with van der Waals surface area (Å²) in [5, 5.41) is 10.7. The Morgan fingerprint density at radius 2 is 1.88 bits per heavy atom. The summed E-state index contributed by atoms with van der Waals surface area (Å²) in [6.45, 7) is 5.01. The molecule has 7 nitrogen and oxygen atoms in total. The monoisotopic (exact) mass is 246 g/mol. The number of hydrogen-bond donors (Lipinski definition) is 3. The minimum absolute atomic E-state index is 0.0656. The number of alkyl carbamates (subject to hydrolysis) is 1. The second-order valence-electron chi connectivity index (χ2n) is 4.53. The van der Waals surface area contributed by atoms with Crippen LogP contribution in [0.5, 0.6) is 0 Å². The molecular formula is C10H18N2O5. The molecule has 0 unspecified atom stereocenters. The molecule has 7 heteroatoms. The first kappa shape index (κ1) is 15.2. The van der Waals surface area contributed by atoms with Gasteiger partial charge in [-0.05, 0) is 27.2 Å². The van der Waals surface area contributed by atoms with Crippen LogP contribution in [0.4, 0.5) is 4.79 Å². The largest absolute Gasteiger partial charge is 0.481 e. The topological polar surface area (TPSA) is 119 Å². The lowest BCUT2D eigenvalue weighted by Crippen LogP contribution is -2.46. The van der Waals surface area contributed by atoms with E-state index in [-0.39, 0.29) is 12.8 Å². The van der Waals surface area contributed by atoms with Gasteiger partial charge in [-0.3, -0.25) is 9.59 Å². The summed E-state index contributed by atoms with van der Waals surface area (Å²) in [5.74, 6) is -1.86. The van der Waals surface area contributed by atoms with E-state index in [2.05, 4.69) is 5.32 Å². The molecule has 0 spiro atoms. The average Bonchev–Trinajstić information content (AvgIpc) is 2.08. The molecule has 2 amide bonds. The van der Waals surface area contributed by atoms with E-state index < -0.39 is 29.6 Å². The highest BCUT2D eigenvalue weighted by Crippen LogP contribution is 2.07. The van der Waals surface area contributed by atoms with E-state index in [4.69, 9.17) is 15.6 Å². The molecule has 98 valence electrons. The molecule has 0 rings (SSSR count). The number of nitrogens with two attached hydrogens (primary N) is 1. The van der Waals surface area contributed by atoms with Crippen molar-refractivity contribution in [1.82, 2.24) is 5.32 Å². The Bertz CT molecular complexity index is 308. The molecule has 17 heavy (non-hydrogen) atoms. The van der Waals surface area contributed by atoms with Crippen molar-refractivity contribution in [3.63, 3.8) is 0 Å². The van der Waals surface area contributed by atoms with Crippen molar-refractivity contribution >= 4 is 18.0 Å². The van der Waals surface area contributed by atoms with Crippen molar-refractivity contribution < 1.29 is 24.2 Å². The van der Waals surface area contributed by atoms with Crippen molar-refractivity contribution in [2.24, 2.45) is 5.73 Å². The molecule has 0 aromatic rings. The molecule has 0 heterocycles. The summed E-state index contributed by atoms with van der Waals surface area (Å²) in [6, 6.07) is -1.04. The first-order valence-corrected chi connectivity index (χ1v) is 5.12. The van der Waals surface area contributed by atoms with Gasteiger partial charge in [-0.15, -0.1) is 0 Å². The van der Waals surface area contributed by atoms with Gasteiger partial charge in [0, 0.05) is 6.42 Å². The van der Waals surface area contributed by atoms with Crippen LogP contribution in [0.25, 0.3) is 0 Å². The average molecular weight is 246 g/mol. The SMILES string of the molecule is CC(C)(C)OC(=O)N[C@@H](CCC(=O)O)C(N)=O. The van der Waals surface area contributed by atoms with Gasteiger partial charge in [-0.1, -0.05) is 0 Å². The van der Waals surface area contributed by atoms with Crippen LogP contribution in [0.2, 0.25) is 0 Å². The molecule has 1 atom stereocenters. The number of ether oxygens (including phenoxy) is 1. The molecule has 0 aliphatic carbocycles. The van der Waals surface area contributed by atoms with E-state index in [1.165, 1.54) is 0 Å². The van der Waals surface area contributed by atoms with E-state index in [0.717, 1.165) is 0 Å². The van der Waals surface area contributed by atoms with Gasteiger partial charge in [0.2, 0.25) is 5.91 Å². The number of nitrogens with one attached hydrogen (secondary N) is 1. The summed E-state index contributed by atoms with van der Waals surface area (Å²) in [7, 11) is 0. The summed E-state index contributed by atoms with van der Waals surface area (Å²) < 4.78 is 4.92. The number of carboxylic acid groups (broad SMARTS) is 1. The predicted molar refractivity (Wildman–Crippen MR) is 59.2 cm³/mol. The van der Waals surface area contributed by atoms with E-state index in [1.54, 1.807) is 20.8 Å². The molecule has 0 aromatic heterocycles. The first-order chi connectivity index (χ1) is 7.61. The number of carbonyl (C=O) groups excluding carboxylic acids is 2. The smallest absolute Gasteiger partial charge is 0.408 e. The molecule has 0 bridgehead atoms. The Labute approximate surface area is 99.3 Å². The predicted octanol–water partition coefficient (Wildman–Crippen LogP) is 0.230. The minimum atomic E-state index is -1.07. The van der Waals surface area contributed by atoms with Crippen molar-refractivity contribution in [3.05, 3.63) is 0 Å². The fourth-order valence-corrected chi connectivity index (χ4v) is 1.00. The lowest BCUT2D eigenvalue weighted by molar-refractivity contribution is -0.137. The van der Waals surface area contributed by atoms with Gasteiger partial charge in [0.1, 0.15) is 11.6 Å². The zero-order valence-electron chi connectivity index (χ0n) is 10.1. The minimum Gasteiger partial charge on any atom is -0.481 e. The maximum Gasteiger partial charge on any atom is 0.408 e. The molecule has 0 saturated heterocycles. The third kappa shape index (κ3) is 8.06. The molecule has 0 radical (unpaired) electrons. The quantitative estimate of drug-likeness (QED) is 0.641. The lowest BCUT2D eigenvalue weighted by atomic mass is 10.1. The molecule has 0 saturated carbocycles. The maximum absolute atomic E-state index is 11.3. The van der Waals surface area contributed by atoms with Crippen LogP contribution in [0.1, 0.15) is 33.6 Å².